The van der Waals surface area contributed by atoms with Gasteiger partial charge in [-0.1, -0.05) is 0 Å². The number of nitrogens with zero attached hydrogens (tertiary/aromatic N) is 1. The van der Waals surface area contributed by atoms with Gasteiger partial charge in [-0.2, -0.15) is 0 Å². The quantitative estimate of drug-likeness (QED) is 0.845. The Kier molecular flexibility index (Phi) is 3.43. The van der Waals surface area contributed by atoms with Gasteiger partial charge in [-0.15, -0.1) is 0 Å². The molecule has 0 aliphatic heterocycles. The summed E-state index contributed by atoms with van der Waals surface area (Å²) in [7, 11) is 1.48. The molecule has 0 saturated heterocycles. The van der Waals surface area contributed by atoms with E-state index in [4.69, 9.17) is 15.6 Å². The number of aliphatic carboxylic acids is 1. The van der Waals surface area contributed by atoms with Crippen molar-refractivity contribution < 1.29 is 14.6 Å². The highest BCUT2D eigenvalue weighted by Gasteiger charge is 2.17. The number of hydrogen-bond acceptors (Lipinski definition) is 4. The highest BCUT2D eigenvalue weighted by Crippen LogP contribution is 2.25. The van der Waals surface area contributed by atoms with Gasteiger partial charge in [-0.3, -0.25) is 9.78 Å². The smallest absolute Gasteiger partial charge is 0.326 e. The molecule has 1 rings (SSSR count). The maximum absolute atomic E-state index is 10.6. The maximum Gasteiger partial charge on any atom is 0.326 e. The van der Waals surface area contributed by atoms with Crippen molar-refractivity contribution >= 4 is 21.9 Å². The summed E-state index contributed by atoms with van der Waals surface area (Å²) >= 11 is 3.20. The zero-order valence-corrected chi connectivity index (χ0v) is 8.98. The standard InChI is InChI=1S/C8H9BrN2O3/c1-14-6-2-5(7(10)8(12)13)11-3-4(6)9/h2-3,7H,10H2,1H3,(H,12,13). The van der Waals surface area contributed by atoms with Crippen LogP contribution in [0.5, 0.6) is 5.75 Å². The summed E-state index contributed by atoms with van der Waals surface area (Å²) in [6.07, 6.45) is 1.46. The van der Waals surface area contributed by atoms with E-state index in [0.29, 0.717) is 10.2 Å². The number of pyridine rings is 1. The van der Waals surface area contributed by atoms with Gasteiger partial charge in [0.1, 0.15) is 11.8 Å². The normalized spacial score (nSPS) is 12.2. The SMILES string of the molecule is COc1cc(C(N)C(=O)O)ncc1Br. The Balaban J connectivity index is 3.06. The van der Waals surface area contributed by atoms with E-state index in [1.165, 1.54) is 19.4 Å². The van der Waals surface area contributed by atoms with Crippen LogP contribution in [0.15, 0.2) is 16.7 Å². The number of aromatic nitrogens is 1. The molecule has 6 heteroatoms. The van der Waals surface area contributed by atoms with Gasteiger partial charge in [0.2, 0.25) is 0 Å². The third-order valence-electron chi connectivity index (χ3n) is 1.65. The Morgan fingerprint density at radius 1 is 1.79 bits per heavy atom. The number of carbonyl (C=O) groups is 1. The highest BCUT2D eigenvalue weighted by atomic mass is 79.9. The second-order valence-electron chi connectivity index (χ2n) is 2.56. The largest absolute Gasteiger partial charge is 0.495 e. The van der Waals surface area contributed by atoms with Crippen molar-refractivity contribution in [1.82, 2.24) is 4.98 Å². The van der Waals surface area contributed by atoms with Crippen LogP contribution in [0, 0.1) is 0 Å². The fourth-order valence-corrected chi connectivity index (χ4v) is 1.27. The summed E-state index contributed by atoms with van der Waals surface area (Å²) < 4.78 is 5.63. The number of hydrogen-bond donors (Lipinski definition) is 2. The number of halogens is 1. The van der Waals surface area contributed by atoms with Crippen molar-refractivity contribution in [3.05, 3.63) is 22.4 Å². The van der Waals surface area contributed by atoms with Crippen LogP contribution in [0.1, 0.15) is 11.7 Å². The van der Waals surface area contributed by atoms with E-state index in [2.05, 4.69) is 20.9 Å². The number of carboxylic acids is 1. The van der Waals surface area contributed by atoms with E-state index in [1.807, 2.05) is 0 Å². The molecule has 0 radical (unpaired) electrons. The third-order valence-corrected chi connectivity index (χ3v) is 2.24. The summed E-state index contributed by atoms with van der Waals surface area (Å²) in [4.78, 5) is 14.4. The molecular weight excluding hydrogens is 252 g/mol. The number of rotatable bonds is 3. The Bertz CT molecular complexity index is 356. The molecule has 3 N–H and O–H groups in total. The topological polar surface area (TPSA) is 85.4 Å². The van der Waals surface area contributed by atoms with Crippen molar-refractivity contribution in [2.45, 2.75) is 6.04 Å². The second-order valence-corrected chi connectivity index (χ2v) is 3.41. The van der Waals surface area contributed by atoms with Crippen molar-refractivity contribution in [3.63, 3.8) is 0 Å². The fraction of sp³-hybridized carbons (Fsp3) is 0.250. The molecule has 0 bridgehead atoms. The van der Waals surface area contributed by atoms with Crippen LogP contribution in [-0.4, -0.2) is 23.2 Å². The van der Waals surface area contributed by atoms with E-state index >= 15 is 0 Å². The Labute approximate surface area is 89.0 Å². The summed E-state index contributed by atoms with van der Waals surface area (Å²) in [6, 6.07) is 0.361. The second kappa shape index (κ2) is 4.39. The van der Waals surface area contributed by atoms with Gasteiger partial charge < -0.3 is 15.6 Å². The Morgan fingerprint density at radius 2 is 2.43 bits per heavy atom. The van der Waals surface area contributed by atoms with E-state index in [0.717, 1.165) is 0 Å². The lowest BCUT2D eigenvalue weighted by molar-refractivity contribution is -0.138. The Hall–Kier alpha value is -1.14. The molecule has 76 valence electrons. The van der Waals surface area contributed by atoms with Crippen LogP contribution in [0.25, 0.3) is 0 Å². The van der Waals surface area contributed by atoms with Crippen molar-refractivity contribution in [2.75, 3.05) is 7.11 Å². The van der Waals surface area contributed by atoms with Crippen LogP contribution >= 0.6 is 15.9 Å². The first-order chi connectivity index (χ1) is 6.56. The minimum atomic E-state index is -1.13. The molecule has 0 aromatic carbocycles. The first-order valence-corrected chi connectivity index (χ1v) is 4.53. The summed E-state index contributed by atoms with van der Waals surface area (Å²) in [6.45, 7) is 0. The average Bonchev–Trinajstić information content (AvgIpc) is 2.17. The van der Waals surface area contributed by atoms with Crippen molar-refractivity contribution in [2.24, 2.45) is 5.73 Å². The van der Waals surface area contributed by atoms with Gasteiger partial charge in [-0.05, 0) is 15.9 Å². The zero-order chi connectivity index (χ0) is 10.7. The molecule has 5 nitrogen and oxygen atoms in total. The molecule has 1 heterocycles. The monoisotopic (exact) mass is 260 g/mol. The lowest BCUT2D eigenvalue weighted by Gasteiger charge is -2.08. The minimum Gasteiger partial charge on any atom is -0.495 e. The molecule has 0 amide bonds. The van der Waals surface area contributed by atoms with E-state index in [9.17, 15) is 4.79 Å². The first-order valence-electron chi connectivity index (χ1n) is 3.74. The fourth-order valence-electron chi connectivity index (χ4n) is 0.888. The van der Waals surface area contributed by atoms with Crippen LogP contribution < -0.4 is 10.5 Å². The predicted octanol–water partition coefficient (Wildman–Crippen LogP) is 0.937. The minimum absolute atomic E-state index is 0.262. The molecule has 1 unspecified atom stereocenters. The summed E-state index contributed by atoms with van der Waals surface area (Å²) in [5.41, 5.74) is 5.64. The van der Waals surface area contributed by atoms with Crippen molar-refractivity contribution in [1.29, 1.82) is 0 Å². The number of nitrogens with two attached hydrogens (primary N) is 1. The molecule has 0 fully saturated rings. The molecule has 1 aromatic rings. The predicted molar refractivity (Wildman–Crippen MR) is 53.1 cm³/mol. The molecule has 1 atom stereocenters. The van der Waals surface area contributed by atoms with Gasteiger partial charge in [0.15, 0.2) is 0 Å². The molecule has 0 spiro atoms. The van der Waals surface area contributed by atoms with Crippen molar-refractivity contribution in [3.8, 4) is 5.75 Å². The number of methoxy groups -OCH3 is 1. The highest BCUT2D eigenvalue weighted by molar-refractivity contribution is 9.10. The lowest BCUT2D eigenvalue weighted by Crippen LogP contribution is -2.21. The van der Waals surface area contributed by atoms with Crippen LogP contribution in [0.3, 0.4) is 0 Å². The molecule has 14 heavy (non-hydrogen) atoms. The molecular formula is C8H9BrN2O3. The number of carboxylic acid groups (broad SMARTS) is 1. The molecule has 1 aromatic heterocycles. The summed E-state index contributed by atoms with van der Waals surface area (Å²) in [5.74, 6) is -0.617. The van der Waals surface area contributed by atoms with E-state index in [-0.39, 0.29) is 5.69 Å². The van der Waals surface area contributed by atoms with Crippen LogP contribution in [0.4, 0.5) is 0 Å². The third kappa shape index (κ3) is 2.21. The van der Waals surface area contributed by atoms with Crippen LogP contribution in [0.2, 0.25) is 0 Å². The molecule has 0 aliphatic rings. The zero-order valence-electron chi connectivity index (χ0n) is 7.40. The van der Waals surface area contributed by atoms with E-state index < -0.39 is 12.0 Å². The Morgan fingerprint density at radius 3 is 2.93 bits per heavy atom. The molecule has 0 aliphatic carbocycles. The average molecular weight is 261 g/mol. The van der Waals surface area contributed by atoms with Gasteiger partial charge in [0, 0.05) is 12.3 Å². The maximum atomic E-state index is 10.6. The van der Waals surface area contributed by atoms with Gasteiger partial charge in [-0.25, -0.2) is 0 Å². The van der Waals surface area contributed by atoms with E-state index in [1.54, 1.807) is 0 Å². The van der Waals surface area contributed by atoms with Gasteiger partial charge >= 0.3 is 5.97 Å². The summed E-state index contributed by atoms with van der Waals surface area (Å²) in [5, 5.41) is 8.65. The number of ether oxygens (including phenoxy) is 1. The van der Waals surface area contributed by atoms with Crippen LogP contribution in [-0.2, 0) is 4.79 Å². The first kappa shape index (κ1) is 10.9. The molecule has 0 saturated carbocycles. The van der Waals surface area contributed by atoms with Gasteiger partial charge in [0.05, 0.1) is 17.3 Å². The van der Waals surface area contributed by atoms with Gasteiger partial charge in [0.25, 0.3) is 0 Å². The lowest BCUT2D eigenvalue weighted by atomic mass is 10.2.